The van der Waals surface area contributed by atoms with Gasteiger partial charge in [-0.2, -0.15) is 0 Å². The van der Waals surface area contributed by atoms with Crippen LogP contribution in [-0.2, 0) is 0 Å². The highest BCUT2D eigenvalue weighted by Gasteiger charge is 2.19. The second-order valence-corrected chi connectivity index (χ2v) is 7.01. The lowest BCUT2D eigenvalue weighted by Gasteiger charge is -2.15. The first-order valence-corrected chi connectivity index (χ1v) is 9.49. The monoisotopic (exact) mass is 482 g/mol. The number of benzene rings is 2. The van der Waals surface area contributed by atoms with Crippen molar-refractivity contribution < 1.29 is 4.74 Å². The van der Waals surface area contributed by atoms with E-state index in [0.717, 1.165) is 37.1 Å². The second kappa shape index (κ2) is 11.3. The number of guanidine groups is 1. The minimum Gasteiger partial charge on any atom is -0.494 e. The highest BCUT2D eigenvalue weighted by atomic mass is 127. The summed E-state index contributed by atoms with van der Waals surface area (Å²) >= 11 is 0. The molecule has 148 valence electrons. The molecule has 1 atom stereocenters. The summed E-state index contributed by atoms with van der Waals surface area (Å²) in [6.45, 7) is 4.89. The van der Waals surface area contributed by atoms with E-state index in [1.807, 2.05) is 13.1 Å². The molecule has 6 heteroatoms. The van der Waals surface area contributed by atoms with Gasteiger partial charge in [-0.15, -0.1) is 24.0 Å². The molecule has 1 saturated heterocycles. The van der Waals surface area contributed by atoms with E-state index in [9.17, 15) is 0 Å². The average Bonchev–Trinajstić information content (AvgIpc) is 3.09. The molecule has 2 aromatic carbocycles. The van der Waals surface area contributed by atoms with Crippen molar-refractivity contribution in [2.45, 2.75) is 12.8 Å². The van der Waals surface area contributed by atoms with Crippen LogP contribution in [0.1, 0.15) is 12.8 Å². The van der Waals surface area contributed by atoms with Crippen LogP contribution in [0.4, 0.5) is 0 Å². The maximum Gasteiger partial charge on any atom is 0.190 e. The summed E-state index contributed by atoms with van der Waals surface area (Å²) in [5, 5.41) is 9.25. The molecule has 1 aliphatic heterocycles. The molecular weight excluding hydrogens is 451 g/mol. The Hall–Kier alpha value is -1.54. The maximum absolute atomic E-state index is 5.88. The highest BCUT2D eigenvalue weighted by Crippen LogP contribution is 2.20. The van der Waals surface area contributed by atoms with E-state index >= 15 is 0 Å². The summed E-state index contributed by atoms with van der Waals surface area (Å²) in [4.78, 5) is 6.68. The zero-order valence-corrected chi connectivity index (χ0v) is 18.6. The molecule has 0 saturated carbocycles. The molecule has 3 rings (SSSR count). The van der Waals surface area contributed by atoms with Crippen LogP contribution < -0.4 is 15.4 Å². The van der Waals surface area contributed by atoms with Gasteiger partial charge in [0.15, 0.2) is 5.96 Å². The topological polar surface area (TPSA) is 48.9 Å². The summed E-state index contributed by atoms with van der Waals surface area (Å²) in [6.07, 6.45) is 2.19. The number of rotatable bonds is 7. The summed E-state index contributed by atoms with van der Waals surface area (Å²) in [6, 6.07) is 14.6. The predicted octanol–water partition coefficient (Wildman–Crippen LogP) is 3.34. The van der Waals surface area contributed by atoms with E-state index in [1.54, 1.807) is 0 Å². The zero-order valence-electron chi connectivity index (χ0n) is 16.3. The number of fused-ring (bicyclic) bond motifs is 1. The van der Waals surface area contributed by atoms with Gasteiger partial charge in [0, 0.05) is 26.7 Å². The summed E-state index contributed by atoms with van der Waals surface area (Å²) < 4.78 is 5.88. The molecule has 0 radical (unpaired) electrons. The molecule has 2 N–H and O–H groups in total. The minimum absolute atomic E-state index is 0. The number of nitrogens with zero attached hydrogens (tertiary/aromatic N) is 2. The first kappa shape index (κ1) is 21.8. The Morgan fingerprint density at radius 1 is 1.19 bits per heavy atom. The third-order valence-corrected chi connectivity index (χ3v) is 4.87. The van der Waals surface area contributed by atoms with Crippen LogP contribution in [0.3, 0.4) is 0 Å². The number of ether oxygens (including phenoxy) is 1. The number of aliphatic imine (C=N–C) groups is 1. The Morgan fingerprint density at radius 2 is 2.00 bits per heavy atom. The first-order chi connectivity index (χ1) is 12.7. The van der Waals surface area contributed by atoms with Crippen molar-refractivity contribution >= 4 is 40.7 Å². The lowest BCUT2D eigenvalue weighted by molar-refractivity contribution is 0.311. The van der Waals surface area contributed by atoms with Crippen LogP contribution in [0.2, 0.25) is 0 Å². The summed E-state index contributed by atoms with van der Waals surface area (Å²) in [5.41, 5.74) is 0. The van der Waals surface area contributed by atoms with Crippen LogP contribution in [-0.4, -0.2) is 57.7 Å². The Morgan fingerprint density at radius 3 is 2.74 bits per heavy atom. The number of hydrogen-bond acceptors (Lipinski definition) is 3. The lowest BCUT2D eigenvalue weighted by Crippen LogP contribution is -2.40. The van der Waals surface area contributed by atoms with Gasteiger partial charge in [0.05, 0.1) is 6.61 Å². The fraction of sp³-hybridized carbons (Fsp3) is 0.476. The lowest BCUT2D eigenvalue weighted by atomic mass is 10.1. The van der Waals surface area contributed by atoms with Crippen LogP contribution in [0.15, 0.2) is 47.5 Å². The van der Waals surface area contributed by atoms with Gasteiger partial charge >= 0.3 is 0 Å². The minimum atomic E-state index is 0. The number of likely N-dealkylation sites (tertiary alicyclic amines) is 1. The highest BCUT2D eigenvalue weighted by molar-refractivity contribution is 14.0. The largest absolute Gasteiger partial charge is 0.494 e. The molecule has 0 aliphatic carbocycles. The van der Waals surface area contributed by atoms with Gasteiger partial charge in [-0.1, -0.05) is 30.3 Å². The molecule has 2 aromatic rings. The van der Waals surface area contributed by atoms with Crippen molar-refractivity contribution in [1.29, 1.82) is 0 Å². The Labute approximate surface area is 179 Å². The molecule has 27 heavy (non-hydrogen) atoms. The number of nitrogens with one attached hydrogen (secondary N) is 2. The van der Waals surface area contributed by atoms with Crippen LogP contribution in [0.5, 0.6) is 5.75 Å². The quantitative estimate of drug-likeness (QED) is 0.275. The van der Waals surface area contributed by atoms with Crippen LogP contribution >= 0.6 is 24.0 Å². The number of halogens is 1. The van der Waals surface area contributed by atoms with Crippen molar-refractivity contribution in [3.05, 3.63) is 42.5 Å². The molecule has 5 nitrogen and oxygen atoms in total. The average molecular weight is 482 g/mol. The van der Waals surface area contributed by atoms with Gasteiger partial charge in [0.2, 0.25) is 0 Å². The van der Waals surface area contributed by atoms with Gasteiger partial charge in [-0.3, -0.25) is 4.99 Å². The van der Waals surface area contributed by atoms with Crippen LogP contribution in [0, 0.1) is 5.92 Å². The van der Waals surface area contributed by atoms with E-state index in [1.165, 1.54) is 30.3 Å². The van der Waals surface area contributed by atoms with Crippen molar-refractivity contribution in [1.82, 2.24) is 15.5 Å². The summed E-state index contributed by atoms with van der Waals surface area (Å²) in [7, 11) is 4.00. The van der Waals surface area contributed by atoms with Crippen molar-refractivity contribution in [2.24, 2.45) is 10.9 Å². The van der Waals surface area contributed by atoms with Gasteiger partial charge < -0.3 is 20.3 Å². The maximum atomic E-state index is 5.88. The summed E-state index contributed by atoms with van der Waals surface area (Å²) in [5.74, 6) is 2.52. The molecule has 1 heterocycles. The van der Waals surface area contributed by atoms with E-state index in [4.69, 9.17) is 4.74 Å². The third kappa shape index (κ3) is 6.84. The van der Waals surface area contributed by atoms with Gasteiger partial charge in [0.1, 0.15) is 5.75 Å². The zero-order chi connectivity index (χ0) is 18.2. The third-order valence-electron chi connectivity index (χ3n) is 4.87. The van der Waals surface area contributed by atoms with E-state index in [-0.39, 0.29) is 24.0 Å². The molecule has 0 bridgehead atoms. The van der Waals surface area contributed by atoms with Gasteiger partial charge in [-0.25, -0.2) is 0 Å². The van der Waals surface area contributed by atoms with E-state index < -0.39 is 0 Å². The molecule has 0 aromatic heterocycles. The molecule has 0 spiro atoms. The standard InChI is InChI=1S/C21H30N4O.HI/c1-22-21(24-15-17-10-12-25(2)16-17)23-11-5-13-26-20-9-8-18-6-3-4-7-19(18)14-20;/h3-4,6-9,14,17H,5,10-13,15-16H2,1-2H3,(H2,22,23,24);1H. The van der Waals surface area contributed by atoms with E-state index in [0.29, 0.717) is 6.61 Å². The van der Waals surface area contributed by atoms with Gasteiger partial charge in [0.25, 0.3) is 0 Å². The molecule has 1 aliphatic rings. The Balaban J connectivity index is 0.00000261. The molecule has 1 unspecified atom stereocenters. The molecule has 0 amide bonds. The Kier molecular flexibility index (Phi) is 9.14. The van der Waals surface area contributed by atoms with Gasteiger partial charge in [-0.05, 0) is 55.3 Å². The second-order valence-electron chi connectivity index (χ2n) is 7.01. The van der Waals surface area contributed by atoms with E-state index in [2.05, 4.69) is 64.0 Å². The number of hydrogen-bond donors (Lipinski definition) is 2. The molecular formula is C21H31IN4O. The smallest absolute Gasteiger partial charge is 0.190 e. The van der Waals surface area contributed by atoms with Crippen molar-refractivity contribution in [3.8, 4) is 5.75 Å². The SMILES string of the molecule is CN=C(NCCCOc1ccc2ccccc2c1)NCC1CCN(C)C1.I. The fourth-order valence-corrected chi connectivity index (χ4v) is 3.38. The normalized spacial score (nSPS) is 17.6. The predicted molar refractivity (Wildman–Crippen MR) is 124 cm³/mol. The van der Waals surface area contributed by atoms with Crippen LogP contribution in [0.25, 0.3) is 10.8 Å². The van der Waals surface area contributed by atoms with Crippen molar-refractivity contribution in [3.63, 3.8) is 0 Å². The first-order valence-electron chi connectivity index (χ1n) is 9.49. The molecule has 1 fully saturated rings. The van der Waals surface area contributed by atoms with Crippen molar-refractivity contribution in [2.75, 3.05) is 46.9 Å². The Bertz CT molecular complexity index is 737. The fourth-order valence-electron chi connectivity index (χ4n) is 3.38.